The molecular weight excluding hydrogens is 282 g/mol. The topological polar surface area (TPSA) is 60.6 Å². The summed E-state index contributed by atoms with van der Waals surface area (Å²) in [5.74, 6) is 2.94. The quantitative estimate of drug-likeness (QED) is 0.816. The van der Waals surface area contributed by atoms with Crippen LogP contribution in [0.4, 0.5) is 0 Å². The SMILES string of the molecule is CCc1nnc(CN(CC)CC2COc3ccccc3O2)o1. The van der Waals surface area contributed by atoms with Crippen LogP contribution in [0.2, 0.25) is 0 Å². The maximum atomic E-state index is 6.00. The predicted molar refractivity (Wildman–Crippen MR) is 81.0 cm³/mol. The van der Waals surface area contributed by atoms with Gasteiger partial charge in [0.05, 0.1) is 6.54 Å². The summed E-state index contributed by atoms with van der Waals surface area (Å²) < 4.78 is 17.3. The standard InChI is InChI=1S/C16H21N3O3/c1-3-15-17-18-16(22-15)10-19(4-2)9-12-11-20-13-7-5-6-8-14(13)21-12/h5-8,12H,3-4,9-11H2,1-2H3. The second-order valence-corrected chi connectivity index (χ2v) is 5.27. The number of aromatic nitrogens is 2. The van der Waals surface area contributed by atoms with Crippen molar-refractivity contribution in [3.63, 3.8) is 0 Å². The Morgan fingerprint density at radius 3 is 2.64 bits per heavy atom. The van der Waals surface area contributed by atoms with Crippen molar-refractivity contribution in [2.75, 3.05) is 19.7 Å². The Hall–Kier alpha value is -2.08. The van der Waals surface area contributed by atoms with Crippen LogP contribution in [0.1, 0.15) is 25.6 Å². The molecule has 0 bridgehead atoms. The summed E-state index contributed by atoms with van der Waals surface area (Å²) in [5, 5.41) is 8.07. The Labute approximate surface area is 130 Å². The van der Waals surface area contributed by atoms with Crippen LogP contribution in [0, 0.1) is 0 Å². The van der Waals surface area contributed by atoms with E-state index in [1.165, 1.54) is 0 Å². The van der Waals surface area contributed by atoms with Gasteiger partial charge in [0.25, 0.3) is 0 Å². The third-order valence-electron chi connectivity index (χ3n) is 3.65. The van der Waals surface area contributed by atoms with Gasteiger partial charge in [0, 0.05) is 13.0 Å². The molecule has 2 aromatic rings. The molecule has 0 radical (unpaired) electrons. The van der Waals surface area contributed by atoms with Crippen LogP contribution in [-0.4, -0.2) is 40.9 Å². The van der Waals surface area contributed by atoms with E-state index in [4.69, 9.17) is 13.9 Å². The number of likely N-dealkylation sites (N-methyl/N-ethyl adjacent to an activating group) is 1. The molecular formula is C16H21N3O3. The van der Waals surface area contributed by atoms with Crippen LogP contribution in [0.25, 0.3) is 0 Å². The van der Waals surface area contributed by atoms with Crippen LogP contribution >= 0.6 is 0 Å². The normalized spacial score (nSPS) is 17.0. The van der Waals surface area contributed by atoms with Gasteiger partial charge in [-0.15, -0.1) is 10.2 Å². The van der Waals surface area contributed by atoms with Gasteiger partial charge in [0.15, 0.2) is 11.5 Å². The summed E-state index contributed by atoms with van der Waals surface area (Å²) in [7, 11) is 0. The van der Waals surface area contributed by atoms with Gasteiger partial charge in [0.2, 0.25) is 11.8 Å². The maximum Gasteiger partial charge on any atom is 0.230 e. The van der Waals surface area contributed by atoms with E-state index in [2.05, 4.69) is 22.0 Å². The molecule has 1 atom stereocenters. The largest absolute Gasteiger partial charge is 0.486 e. The minimum Gasteiger partial charge on any atom is -0.486 e. The average Bonchev–Trinajstić information content (AvgIpc) is 3.01. The lowest BCUT2D eigenvalue weighted by Gasteiger charge is -2.30. The number of hydrogen-bond donors (Lipinski definition) is 0. The maximum absolute atomic E-state index is 6.00. The highest BCUT2D eigenvalue weighted by atomic mass is 16.6. The second kappa shape index (κ2) is 6.79. The summed E-state index contributed by atoms with van der Waals surface area (Å²) in [6.45, 7) is 6.93. The Morgan fingerprint density at radius 2 is 1.91 bits per heavy atom. The third kappa shape index (κ3) is 3.39. The Morgan fingerprint density at radius 1 is 1.14 bits per heavy atom. The average molecular weight is 303 g/mol. The molecule has 0 saturated carbocycles. The van der Waals surface area contributed by atoms with Gasteiger partial charge in [-0.3, -0.25) is 4.90 Å². The molecule has 0 amide bonds. The van der Waals surface area contributed by atoms with Gasteiger partial charge >= 0.3 is 0 Å². The minimum absolute atomic E-state index is 0.00316. The summed E-state index contributed by atoms with van der Waals surface area (Å²) in [5.41, 5.74) is 0. The van der Waals surface area contributed by atoms with E-state index in [1.54, 1.807) is 0 Å². The molecule has 6 nitrogen and oxygen atoms in total. The number of fused-ring (bicyclic) bond motifs is 1. The van der Waals surface area contributed by atoms with Crippen molar-refractivity contribution >= 4 is 0 Å². The molecule has 0 spiro atoms. The molecule has 0 fully saturated rings. The summed E-state index contributed by atoms with van der Waals surface area (Å²) in [6, 6.07) is 7.76. The summed E-state index contributed by atoms with van der Waals surface area (Å²) in [6.07, 6.45) is 0.763. The molecule has 3 rings (SSSR count). The lowest BCUT2D eigenvalue weighted by Crippen LogP contribution is -2.40. The minimum atomic E-state index is 0.00316. The first kappa shape index (κ1) is 14.8. The highest BCUT2D eigenvalue weighted by Crippen LogP contribution is 2.31. The zero-order valence-electron chi connectivity index (χ0n) is 13.0. The fourth-order valence-electron chi connectivity index (χ4n) is 2.43. The van der Waals surface area contributed by atoms with Crippen molar-refractivity contribution in [1.82, 2.24) is 15.1 Å². The molecule has 0 aliphatic carbocycles. The third-order valence-corrected chi connectivity index (χ3v) is 3.65. The molecule has 0 saturated heterocycles. The first-order valence-electron chi connectivity index (χ1n) is 7.70. The number of aryl methyl sites for hydroxylation is 1. The molecule has 1 aromatic carbocycles. The van der Waals surface area contributed by atoms with E-state index in [-0.39, 0.29) is 6.10 Å². The van der Waals surface area contributed by atoms with Crippen molar-refractivity contribution in [3.05, 3.63) is 36.0 Å². The van der Waals surface area contributed by atoms with E-state index in [9.17, 15) is 0 Å². The van der Waals surface area contributed by atoms with E-state index in [0.717, 1.165) is 31.0 Å². The summed E-state index contributed by atoms with van der Waals surface area (Å²) >= 11 is 0. The van der Waals surface area contributed by atoms with Crippen molar-refractivity contribution < 1.29 is 13.9 Å². The fourth-order valence-corrected chi connectivity index (χ4v) is 2.43. The van der Waals surface area contributed by atoms with Crippen LogP contribution in [0.15, 0.2) is 28.7 Å². The van der Waals surface area contributed by atoms with E-state index in [0.29, 0.717) is 24.9 Å². The second-order valence-electron chi connectivity index (χ2n) is 5.27. The fraction of sp³-hybridized carbons (Fsp3) is 0.500. The molecule has 1 aliphatic rings. The first-order chi connectivity index (χ1) is 10.8. The molecule has 0 N–H and O–H groups in total. The van der Waals surface area contributed by atoms with E-state index in [1.807, 2.05) is 31.2 Å². The zero-order chi connectivity index (χ0) is 15.4. The van der Waals surface area contributed by atoms with Gasteiger partial charge < -0.3 is 13.9 Å². The van der Waals surface area contributed by atoms with Crippen LogP contribution < -0.4 is 9.47 Å². The molecule has 1 aromatic heterocycles. The highest BCUT2D eigenvalue weighted by Gasteiger charge is 2.23. The van der Waals surface area contributed by atoms with Gasteiger partial charge in [-0.05, 0) is 18.7 Å². The monoisotopic (exact) mass is 303 g/mol. The van der Waals surface area contributed by atoms with Crippen LogP contribution in [0.3, 0.4) is 0 Å². The van der Waals surface area contributed by atoms with E-state index >= 15 is 0 Å². The lowest BCUT2D eigenvalue weighted by atomic mass is 10.2. The number of ether oxygens (including phenoxy) is 2. The number of hydrogen-bond acceptors (Lipinski definition) is 6. The van der Waals surface area contributed by atoms with Gasteiger partial charge in [-0.2, -0.15) is 0 Å². The Kier molecular flexibility index (Phi) is 4.58. The predicted octanol–water partition coefficient (Wildman–Crippen LogP) is 2.29. The number of nitrogens with zero attached hydrogens (tertiary/aromatic N) is 3. The Balaban J connectivity index is 1.59. The van der Waals surface area contributed by atoms with Crippen LogP contribution in [-0.2, 0) is 13.0 Å². The highest BCUT2D eigenvalue weighted by molar-refractivity contribution is 5.40. The smallest absolute Gasteiger partial charge is 0.230 e. The summed E-state index contributed by atoms with van der Waals surface area (Å²) in [4.78, 5) is 2.22. The molecule has 22 heavy (non-hydrogen) atoms. The molecule has 1 aliphatic heterocycles. The van der Waals surface area contributed by atoms with Crippen LogP contribution in [0.5, 0.6) is 11.5 Å². The Bertz CT molecular complexity index is 614. The van der Waals surface area contributed by atoms with Gasteiger partial charge in [0.1, 0.15) is 12.7 Å². The zero-order valence-corrected chi connectivity index (χ0v) is 13.0. The van der Waals surface area contributed by atoms with Crippen molar-refractivity contribution in [1.29, 1.82) is 0 Å². The molecule has 2 heterocycles. The van der Waals surface area contributed by atoms with Crippen molar-refractivity contribution in [3.8, 4) is 11.5 Å². The molecule has 6 heteroatoms. The van der Waals surface area contributed by atoms with Gasteiger partial charge in [-0.1, -0.05) is 26.0 Å². The van der Waals surface area contributed by atoms with Gasteiger partial charge in [-0.25, -0.2) is 0 Å². The lowest BCUT2D eigenvalue weighted by molar-refractivity contribution is 0.0556. The molecule has 1 unspecified atom stereocenters. The molecule has 118 valence electrons. The number of para-hydroxylation sites is 2. The van der Waals surface area contributed by atoms with Crippen molar-refractivity contribution in [2.24, 2.45) is 0 Å². The van der Waals surface area contributed by atoms with E-state index < -0.39 is 0 Å². The number of rotatable bonds is 6. The van der Waals surface area contributed by atoms with Crippen molar-refractivity contribution in [2.45, 2.75) is 32.9 Å². The number of benzene rings is 1. The first-order valence-corrected chi connectivity index (χ1v) is 7.70.